The first-order valence-corrected chi connectivity index (χ1v) is 10.1. The third kappa shape index (κ3) is 4.79. The largest absolute Gasteiger partial charge is 0.337 e. The van der Waals surface area contributed by atoms with Gasteiger partial charge >= 0.3 is 0 Å². The standard InChI is InChI=1S/C21H20BrClN2O2/c22-17-12-6-5-11-16(17)18(23)19(21(27)25-13-7-2-8-14-25)24-20(26)15-9-3-1-4-10-15/h1,3-6,9-12H,2,7-8,13-14H2,(H,24,26)/b19-18+. The number of hydrogen-bond donors (Lipinski definition) is 1. The van der Waals surface area contributed by atoms with E-state index in [9.17, 15) is 9.59 Å². The molecule has 1 heterocycles. The molecule has 0 unspecified atom stereocenters. The summed E-state index contributed by atoms with van der Waals surface area (Å²) in [5.74, 6) is -0.610. The van der Waals surface area contributed by atoms with Gasteiger partial charge in [0.25, 0.3) is 11.8 Å². The summed E-state index contributed by atoms with van der Waals surface area (Å²) < 4.78 is 0.757. The topological polar surface area (TPSA) is 49.4 Å². The lowest BCUT2D eigenvalue weighted by molar-refractivity contribution is -0.128. The van der Waals surface area contributed by atoms with Crippen molar-refractivity contribution in [2.45, 2.75) is 19.3 Å². The number of rotatable bonds is 4. The lowest BCUT2D eigenvalue weighted by Gasteiger charge is -2.28. The molecule has 1 aliphatic rings. The molecule has 0 aromatic heterocycles. The monoisotopic (exact) mass is 446 g/mol. The molecule has 0 atom stereocenters. The van der Waals surface area contributed by atoms with Gasteiger partial charge in [-0.2, -0.15) is 0 Å². The first-order valence-electron chi connectivity index (χ1n) is 8.88. The first-order chi connectivity index (χ1) is 13.1. The maximum absolute atomic E-state index is 13.1. The molecule has 1 N–H and O–H groups in total. The van der Waals surface area contributed by atoms with Crippen molar-refractivity contribution >= 4 is 44.4 Å². The maximum atomic E-state index is 13.1. The number of amides is 2. The van der Waals surface area contributed by atoms with Gasteiger partial charge in [-0.15, -0.1) is 0 Å². The zero-order valence-corrected chi connectivity index (χ0v) is 17.1. The summed E-state index contributed by atoms with van der Waals surface area (Å²) in [6, 6.07) is 16.2. The number of carbonyl (C=O) groups is 2. The van der Waals surface area contributed by atoms with Crippen molar-refractivity contribution in [3.63, 3.8) is 0 Å². The van der Waals surface area contributed by atoms with E-state index in [4.69, 9.17) is 11.6 Å². The Labute approximate surface area is 172 Å². The number of hydrogen-bond acceptors (Lipinski definition) is 2. The average Bonchev–Trinajstić information content (AvgIpc) is 2.72. The smallest absolute Gasteiger partial charge is 0.271 e. The molecular formula is C21H20BrClN2O2. The zero-order chi connectivity index (χ0) is 19.2. The van der Waals surface area contributed by atoms with Crippen molar-refractivity contribution in [1.82, 2.24) is 10.2 Å². The highest BCUT2D eigenvalue weighted by Gasteiger charge is 2.26. The number of benzene rings is 2. The van der Waals surface area contributed by atoms with E-state index in [0.717, 1.165) is 23.7 Å². The Bertz CT molecular complexity index is 861. The second kappa shape index (κ2) is 9.20. The van der Waals surface area contributed by atoms with Crippen LogP contribution in [0.3, 0.4) is 0 Å². The fraction of sp³-hybridized carbons (Fsp3) is 0.238. The Balaban J connectivity index is 1.98. The summed E-state index contributed by atoms with van der Waals surface area (Å²) >= 11 is 10.1. The Morgan fingerprint density at radius 3 is 2.22 bits per heavy atom. The summed E-state index contributed by atoms with van der Waals surface area (Å²) in [5, 5.41) is 2.98. The Morgan fingerprint density at radius 1 is 0.926 bits per heavy atom. The summed E-state index contributed by atoms with van der Waals surface area (Å²) in [4.78, 5) is 27.6. The Kier molecular flexibility index (Phi) is 6.69. The molecule has 0 aliphatic carbocycles. The maximum Gasteiger partial charge on any atom is 0.271 e. The Morgan fingerprint density at radius 2 is 1.56 bits per heavy atom. The molecule has 6 heteroatoms. The van der Waals surface area contributed by atoms with Crippen molar-refractivity contribution < 1.29 is 9.59 Å². The highest BCUT2D eigenvalue weighted by Crippen LogP contribution is 2.30. The molecule has 3 rings (SSSR count). The molecule has 27 heavy (non-hydrogen) atoms. The predicted octanol–water partition coefficient (Wildman–Crippen LogP) is 4.80. The molecule has 0 bridgehead atoms. The third-order valence-corrected chi connectivity index (χ3v) is 5.55. The van der Waals surface area contributed by atoms with Crippen LogP contribution in [0.25, 0.3) is 5.03 Å². The van der Waals surface area contributed by atoms with Gasteiger partial charge in [0.15, 0.2) is 0 Å². The zero-order valence-electron chi connectivity index (χ0n) is 14.8. The molecule has 0 spiro atoms. The van der Waals surface area contributed by atoms with Crippen LogP contribution in [0.4, 0.5) is 0 Å². The van der Waals surface area contributed by atoms with Crippen molar-refractivity contribution in [2.75, 3.05) is 13.1 Å². The quantitative estimate of drug-likeness (QED) is 0.685. The minimum atomic E-state index is -0.360. The SMILES string of the molecule is O=C(N/C(C(=O)N1CCCCC1)=C(/Cl)c1ccccc1Br)c1ccccc1. The number of carbonyl (C=O) groups excluding carboxylic acids is 2. The van der Waals surface area contributed by atoms with Crippen molar-refractivity contribution in [3.05, 3.63) is 75.9 Å². The van der Waals surface area contributed by atoms with Gasteiger partial charge in [0.2, 0.25) is 0 Å². The number of nitrogens with zero attached hydrogens (tertiary/aromatic N) is 1. The lowest BCUT2D eigenvalue weighted by Crippen LogP contribution is -2.41. The van der Waals surface area contributed by atoms with Crippen LogP contribution in [0.15, 0.2) is 64.8 Å². The first kappa shape index (κ1) is 19.6. The van der Waals surface area contributed by atoms with Gasteiger partial charge in [0.1, 0.15) is 5.70 Å². The van der Waals surface area contributed by atoms with Crippen LogP contribution in [0, 0.1) is 0 Å². The number of piperidine rings is 1. The highest BCUT2D eigenvalue weighted by atomic mass is 79.9. The van der Waals surface area contributed by atoms with Gasteiger partial charge in [0, 0.05) is 28.7 Å². The van der Waals surface area contributed by atoms with E-state index < -0.39 is 0 Å². The van der Waals surface area contributed by atoms with Crippen molar-refractivity contribution in [1.29, 1.82) is 0 Å². The minimum Gasteiger partial charge on any atom is -0.337 e. The van der Waals surface area contributed by atoms with Crippen LogP contribution in [-0.4, -0.2) is 29.8 Å². The molecular weight excluding hydrogens is 428 g/mol. The lowest BCUT2D eigenvalue weighted by atomic mass is 10.1. The molecule has 4 nitrogen and oxygen atoms in total. The van der Waals surface area contributed by atoms with Gasteiger partial charge in [0.05, 0.1) is 5.03 Å². The van der Waals surface area contributed by atoms with E-state index in [2.05, 4.69) is 21.2 Å². The molecule has 2 aromatic carbocycles. The molecule has 2 amide bonds. The number of likely N-dealkylation sites (tertiary alicyclic amines) is 1. The third-order valence-electron chi connectivity index (χ3n) is 4.46. The van der Waals surface area contributed by atoms with E-state index in [1.807, 2.05) is 30.3 Å². The highest BCUT2D eigenvalue weighted by molar-refractivity contribution is 9.10. The molecule has 1 saturated heterocycles. The van der Waals surface area contributed by atoms with E-state index in [1.165, 1.54) is 0 Å². The second-order valence-corrected chi connectivity index (χ2v) is 7.57. The van der Waals surface area contributed by atoms with Crippen molar-refractivity contribution in [3.8, 4) is 0 Å². The van der Waals surface area contributed by atoms with Crippen LogP contribution >= 0.6 is 27.5 Å². The van der Waals surface area contributed by atoms with Crippen molar-refractivity contribution in [2.24, 2.45) is 0 Å². The van der Waals surface area contributed by atoms with Gasteiger partial charge in [-0.3, -0.25) is 9.59 Å². The summed E-state index contributed by atoms with van der Waals surface area (Å²) in [6.07, 6.45) is 3.02. The second-order valence-electron chi connectivity index (χ2n) is 6.34. The molecule has 0 radical (unpaired) electrons. The normalized spacial score (nSPS) is 15.1. The predicted molar refractivity (Wildman–Crippen MR) is 111 cm³/mol. The van der Waals surface area contributed by atoms with Gasteiger partial charge in [-0.1, -0.05) is 63.9 Å². The van der Waals surface area contributed by atoms with Crippen LogP contribution in [0.2, 0.25) is 0 Å². The van der Waals surface area contributed by atoms with E-state index in [-0.39, 0.29) is 22.5 Å². The average molecular weight is 448 g/mol. The van der Waals surface area contributed by atoms with Crippen LogP contribution in [-0.2, 0) is 4.79 Å². The summed E-state index contributed by atoms with van der Waals surface area (Å²) in [5.41, 5.74) is 1.24. The van der Waals surface area contributed by atoms with Crippen LogP contribution in [0.5, 0.6) is 0 Å². The van der Waals surface area contributed by atoms with Gasteiger partial charge in [-0.05, 0) is 37.5 Å². The van der Waals surface area contributed by atoms with Crippen LogP contribution in [0.1, 0.15) is 35.2 Å². The molecule has 2 aromatic rings. The molecule has 1 aliphatic heterocycles. The minimum absolute atomic E-state index is 0.110. The Hall–Kier alpha value is -2.11. The fourth-order valence-corrected chi connectivity index (χ4v) is 3.90. The number of halogens is 2. The number of nitrogens with one attached hydrogen (secondary N) is 1. The fourth-order valence-electron chi connectivity index (χ4n) is 3.01. The van der Waals surface area contributed by atoms with E-state index >= 15 is 0 Å². The van der Waals surface area contributed by atoms with E-state index in [0.29, 0.717) is 24.2 Å². The van der Waals surface area contributed by atoms with Gasteiger partial charge in [-0.25, -0.2) is 0 Å². The summed E-state index contributed by atoms with van der Waals surface area (Å²) in [6.45, 7) is 1.34. The summed E-state index contributed by atoms with van der Waals surface area (Å²) in [7, 11) is 0. The van der Waals surface area contributed by atoms with E-state index in [1.54, 1.807) is 29.2 Å². The van der Waals surface area contributed by atoms with Crippen LogP contribution < -0.4 is 5.32 Å². The molecule has 140 valence electrons. The van der Waals surface area contributed by atoms with Gasteiger partial charge < -0.3 is 10.2 Å². The molecule has 1 fully saturated rings. The molecule has 0 saturated carbocycles.